The number of methoxy groups -OCH3 is 1. The lowest BCUT2D eigenvalue weighted by Gasteiger charge is -2.25. The largest absolute Gasteiger partial charge is 0.465 e. The van der Waals surface area contributed by atoms with E-state index in [1.54, 1.807) is 42.4 Å². The van der Waals surface area contributed by atoms with Gasteiger partial charge in [-0.2, -0.15) is 0 Å². The van der Waals surface area contributed by atoms with Crippen LogP contribution in [0.3, 0.4) is 0 Å². The first-order valence-electron chi connectivity index (χ1n) is 7.80. The number of benzene rings is 1. The predicted octanol–water partition coefficient (Wildman–Crippen LogP) is 2.88. The molecule has 0 saturated carbocycles. The molecule has 1 atom stereocenters. The molecule has 0 fully saturated rings. The number of aromatic nitrogens is 1. The van der Waals surface area contributed by atoms with Gasteiger partial charge in [0.1, 0.15) is 0 Å². The fourth-order valence-corrected chi connectivity index (χ4v) is 2.50. The Kier molecular flexibility index (Phi) is 5.68. The van der Waals surface area contributed by atoms with Crippen LogP contribution < -0.4 is 0 Å². The smallest absolute Gasteiger partial charge is 0.338 e. The number of likely N-dealkylation sites (N-methyl/N-ethyl adjacent to an activating group) is 1. The van der Waals surface area contributed by atoms with E-state index in [4.69, 9.17) is 4.74 Å². The van der Waals surface area contributed by atoms with Crippen molar-refractivity contribution in [1.29, 1.82) is 0 Å². The van der Waals surface area contributed by atoms with Crippen molar-refractivity contribution in [3.63, 3.8) is 0 Å². The van der Waals surface area contributed by atoms with Gasteiger partial charge in [0.2, 0.25) is 0 Å². The monoisotopic (exact) mass is 326 g/mol. The predicted molar refractivity (Wildman–Crippen MR) is 92.0 cm³/mol. The molecule has 0 unspecified atom stereocenters. The van der Waals surface area contributed by atoms with Crippen molar-refractivity contribution in [1.82, 2.24) is 9.88 Å². The van der Waals surface area contributed by atoms with Gasteiger partial charge in [0, 0.05) is 31.4 Å². The third-order valence-corrected chi connectivity index (χ3v) is 4.02. The Morgan fingerprint density at radius 3 is 2.50 bits per heavy atom. The molecule has 0 N–H and O–H groups in total. The minimum atomic E-state index is -0.514. The second kappa shape index (κ2) is 7.73. The van der Waals surface area contributed by atoms with E-state index < -0.39 is 5.97 Å². The number of aryl methyl sites for hydroxylation is 1. The van der Waals surface area contributed by atoms with E-state index in [0.29, 0.717) is 12.0 Å². The highest BCUT2D eigenvalue weighted by Crippen LogP contribution is 2.15. The van der Waals surface area contributed by atoms with Crippen molar-refractivity contribution in [3.8, 4) is 0 Å². The summed E-state index contributed by atoms with van der Waals surface area (Å²) in [5, 5.41) is 0. The number of hydrogen-bond donors (Lipinski definition) is 0. The molecule has 0 aliphatic carbocycles. The van der Waals surface area contributed by atoms with Gasteiger partial charge in [0.05, 0.1) is 18.2 Å². The van der Waals surface area contributed by atoms with Crippen LogP contribution >= 0.6 is 0 Å². The molecule has 1 aromatic carbocycles. The molecule has 0 spiro atoms. The van der Waals surface area contributed by atoms with Gasteiger partial charge in [-0.15, -0.1) is 0 Å². The van der Waals surface area contributed by atoms with Crippen molar-refractivity contribution >= 4 is 11.9 Å². The lowest BCUT2D eigenvalue weighted by molar-refractivity contribution is 0.0589. The molecule has 0 saturated heterocycles. The summed E-state index contributed by atoms with van der Waals surface area (Å²) in [5.41, 5.74) is 2.69. The number of ether oxygens (including phenoxy) is 1. The van der Waals surface area contributed by atoms with Crippen molar-refractivity contribution in [2.45, 2.75) is 26.3 Å². The number of amides is 1. The maximum atomic E-state index is 12.8. The molecule has 126 valence electrons. The molecule has 5 heteroatoms. The van der Waals surface area contributed by atoms with Crippen LogP contribution in [0.1, 0.15) is 38.9 Å². The zero-order valence-corrected chi connectivity index (χ0v) is 14.4. The zero-order chi connectivity index (χ0) is 17.7. The Morgan fingerprint density at radius 2 is 1.88 bits per heavy atom. The molecule has 0 aliphatic heterocycles. The van der Waals surface area contributed by atoms with Crippen LogP contribution in [-0.4, -0.2) is 42.0 Å². The minimum Gasteiger partial charge on any atom is -0.465 e. The molecule has 24 heavy (non-hydrogen) atoms. The van der Waals surface area contributed by atoms with E-state index in [0.717, 1.165) is 11.3 Å². The maximum absolute atomic E-state index is 12.8. The molecule has 5 nitrogen and oxygen atoms in total. The zero-order valence-electron chi connectivity index (χ0n) is 14.4. The Bertz CT molecular complexity index is 743. The summed E-state index contributed by atoms with van der Waals surface area (Å²) in [6.07, 6.45) is 2.41. The molecule has 1 heterocycles. The molecule has 0 bridgehead atoms. The molecule has 0 aliphatic rings. The van der Waals surface area contributed by atoms with Crippen molar-refractivity contribution in [3.05, 3.63) is 65.0 Å². The van der Waals surface area contributed by atoms with Crippen LogP contribution in [0.2, 0.25) is 0 Å². The van der Waals surface area contributed by atoms with E-state index in [1.807, 2.05) is 26.0 Å². The summed E-state index contributed by atoms with van der Waals surface area (Å²) in [6.45, 7) is 3.97. The topological polar surface area (TPSA) is 59.5 Å². The van der Waals surface area contributed by atoms with E-state index in [1.165, 1.54) is 7.11 Å². The normalized spacial score (nSPS) is 11.7. The number of hydrogen-bond acceptors (Lipinski definition) is 4. The average Bonchev–Trinajstić information content (AvgIpc) is 2.59. The standard InChI is InChI=1S/C19H22N2O3/c1-13-9-10-20-15(11-13)12-14(2)21(3)18(22)16-7-5-6-8-17(16)19(23)24-4/h5-11,14H,12H2,1-4H3/t14-/m1/s1. The van der Waals surface area contributed by atoms with Gasteiger partial charge in [0.15, 0.2) is 0 Å². The molecular weight excluding hydrogens is 304 g/mol. The van der Waals surface area contributed by atoms with Crippen LogP contribution in [-0.2, 0) is 11.2 Å². The van der Waals surface area contributed by atoms with E-state index >= 15 is 0 Å². The van der Waals surface area contributed by atoms with Crippen LogP contribution in [0.25, 0.3) is 0 Å². The van der Waals surface area contributed by atoms with Crippen LogP contribution in [0.5, 0.6) is 0 Å². The Labute approximate surface area is 142 Å². The SMILES string of the molecule is COC(=O)c1ccccc1C(=O)N(C)[C@H](C)Cc1cc(C)ccn1. The van der Waals surface area contributed by atoms with Gasteiger partial charge < -0.3 is 9.64 Å². The summed E-state index contributed by atoms with van der Waals surface area (Å²) < 4.78 is 4.76. The number of carbonyl (C=O) groups is 2. The molecule has 2 aromatic rings. The number of pyridine rings is 1. The third-order valence-electron chi connectivity index (χ3n) is 4.02. The van der Waals surface area contributed by atoms with Crippen molar-refractivity contribution < 1.29 is 14.3 Å². The highest BCUT2D eigenvalue weighted by Gasteiger charge is 2.23. The summed E-state index contributed by atoms with van der Waals surface area (Å²) in [7, 11) is 3.04. The highest BCUT2D eigenvalue weighted by molar-refractivity contribution is 6.05. The third kappa shape index (κ3) is 3.98. The van der Waals surface area contributed by atoms with Gasteiger partial charge in [-0.25, -0.2) is 4.79 Å². The highest BCUT2D eigenvalue weighted by atomic mass is 16.5. The molecule has 1 amide bonds. The summed E-state index contributed by atoms with van der Waals surface area (Å²) in [5.74, 6) is -0.725. The molecular formula is C19H22N2O3. The number of rotatable bonds is 5. The van der Waals surface area contributed by atoms with Crippen LogP contribution in [0, 0.1) is 6.92 Å². The van der Waals surface area contributed by atoms with Crippen molar-refractivity contribution in [2.75, 3.05) is 14.2 Å². The average molecular weight is 326 g/mol. The van der Waals surface area contributed by atoms with Crippen LogP contribution in [0.15, 0.2) is 42.6 Å². The Morgan fingerprint density at radius 1 is 1.21 bits per heavy atom. The minimum absolute atomic E-state index is 0.0579. The Hall–Kier alpha value is -2.69. The van der Waals surface area contributed by atoms with Gasteiger partial charge >= 0.3 is 5.97 Å². The maximum Gasteiger partial charge on any atom is 0.338 e. The lowest BCUT2D eigenvalue weighted by Crippen LogP contribution is -2.37. The number of esters is 1. The van der Waals surface area contributed by atoms with Gasteiger partial charge in [-0.1, -0.05) is 12.1 Å². The second-order valence-electron chi connectivity index (χ2n) is 5.83. The quantitative estimate of drug-likeness (QED) is 0.793. The molecule has 1 aromatic heterocycles. The van der Waals surface area contributed by atoms with Gasteiger partial charge in [-0.3, -0.25) is 9.78 Å². The Balaban J connectivity index is 2.19. The number of nitrogens with zero attached hydrogens (tertiary/aromatic N) is 2. The van der Waals surface area contributed by atoms with Crippen molar-refractivity contribution in [2.24, 2.45) is 0 Å². The van der Waals surface area contributed by atoms with E-state index in [-0.39, 0.29) is 17.5 Å². The summed E-state index contributed by atoms with van der Waals surface area (Å²) >= 11 is 0. The first-order valence-corrected chi connectivity index (χ1v) is 7.80. The lowest BCUT2D eigenvalue weighted by atomic mass is 10.0. The number of carbonyl (C=O) groups excluding carboxylic acids is 2. The molecule has 0 radical (unpaired) electrons. The van der Waals surface area contributed by atoms with E-state index in [2.05, 4.69) is 4.98 Å². The first kappa shape index (κ1) is 17.7. The summed E-state index contributed by atoms with van der Waals surface area (Å²) in [4.78, 5) is 30.6. The van der Waals surface area contributed by atoms with Gasteiger partial charge in [0.25, 0.3) is 5.91 Å². The van der Waals surface area contributed by atoms with Gasteiger partial charge in [-0.05, 0) is 43.7 Å². The van der Waals surface area contributed by atoms with Crippen LogP contribution in [0.4, 0.5) is 0 Å². The summed E-state index contributed by atoms with van der Waals surface area (Å²) in [6, 6.07) is 10.6. The fraction of sp³-hybridized carbons (Fsp3) is 0.316. The van der Waals surface area contributed by atoms with E-state index in [9.17, 15) is 9.59 Å². The molecule has 2 rings (SSSR count). The fourth-order valence-electron chi connectivity index (χ4n) is 2.50. The second-order valence-corrected chi connectivity index (χ2v) is 5.83. The first-order chi connectivity index (χ1) is 11.4.